The highest BCUT2D eigenvalue weighted by Gasteiger charge is 2.43. The number of ether oxygens (including phenoxy) is 2. The summed E-state index contributed by atoms with van der Waals surface area (Å²) in [6, 6.07) is 0.440. The fraction of sp³-hybridized carbons (Fsp3) is 0.938. The van der Waals surface area contributed by atoms with E-state index in [2.05, 4.69) is 17.6 Å². The third-order valence-corrected chi connectivity index (χ3v) is 5.14. The predicted molar refractivity (Wildman–Crippen MR) is 99.0 cm³/mol. The van der Waals surface area contributed by atoms with Gasteiger partial charge in [-0.15, -0.1) is 24.0 Å². The SMILES string of the molecule is CCNC(=NCC1(CCOC)CC1)NC1CC2CCC1O2.I. The molecule has 0 aromatic rings. The predicted octanol–water partition coefficient (Wildman–Crippen LogP) is 2.30. The van der Waals surface area contributed by atoms with Crippen molar-refractivity contribution in [3.8, 4) is 0 Å². The Hall–Kier alpha value is -0.0800. The molecule has 2 bridgehead atoms. The standard InChI is InChI=1S/C16H29N3O2.HI/c1-3-17-15(18-11-16(6-7-16)8-9-20-2)19-13-10-12-4-5-14(13)21-12;/h12-14H,3-11H2,1-2H3,(H2,17,18,19);1H. The van der Waals surface area contributed by atoms with Crippen molar-refractivity contribution in [3.05, 3.63) is 0 Å². The molecule has 5 nitrogen and oxygen atoms in total. The number of rotatable bonds is 7. The van der Waals surface area contributed by atoms with Crippen LogP contribution < -0.4 is 10.6 Å². The van der Waals surface area contributed by atoms with E-state index >= 15 is 0 Å². The second kappa shape index (κ2) is 8.15. The molecule has 2 N–H and O–H groups in total. The van der Waals surface area contributed by atoms with E-state index in [4.69, 9.17) is 14.5 Å². The van der Waals surface area contributed by atoms with Crippen molar-refractivity contribution in [1.29, 1.82) is 0 Å². The van der Waals surface area contributed by atoms with Crippen LogP contribution in [0.3, 0.4) is 0 Å². The molecule has 128 valence electrons. The Bertz CT molecular complexity index is 388. The first-order valence-corrected chi connectivity index (χ1v) is 8.44. The molecule has 2 heterocycles. The topological polar surface area (TPSA) is 54.9 Å². The summed E-state index contributed by atoms with van der Waals surface area (Å²) in [4.78, 5) is 4.83. The minimum atomic E-state index is 0. The van der Waals surface area contributed by atoms with Gasteiger partial charge in [-0.05, 0) is 50.9 Å². The summed E-state index contributed by atoms with van der Waals surface area (Å²) in [7, 11) is 1.78. The zero-order valence-electron chi connectivity index (χ0n) is 13.8. The first-order chi connectivity index (χ1) is 10.2. The van der Waals surface area contributed by atoms with Crippen LogP contribution in [0.4, 0.5) is 0 Å². The molecule has 0 spiro atoms. The highest BCUT2D eigenvalue weighted by atomic mass is 127. The molecule has 0 amide bonds. The summed E-state index contributed by atoms with van der Waals surface area (Å²) in [5, 5.41) is 6.96. The van der Waals surface area contributed by atoms with Gasteiger partial charge in [0, 0.05) is 26.8 Å². The number of hydrogen-bond donors (Lipinski definition) is 2. The van der Waals surface area contributed by atoms with E-state index in [9.17, 15) is 0 Å². The Kier molecular flexibility index (Phi) is 6.76. The van der Waals surface area contributed by atoms with E-state index in [0.29, 0.717) is 23.7 Å². The molecule has 1 aliphatic carbocycles. The van der Waals surface area contributed by atoms with Gasteiger partial charge in [0.05, 0.1) is 18.2 Å². The maximum absolute atomic E-state index is 5.91. The number of hydrogen-bond acceptors (Lipinski definition) is 3. The van der Waals surface area contributed by atoms with Gasteiger partial charge in [-0.2, -0.15) is 0 Å². The molecule has 6 heteroatoms. The lowest BCUT2D eigenvalue weighted by Crippen LogP contribution is -2.47. The van der Waals surface area contributed by atoms with Crippen molar-refractivity contribution >= 4 is 29.9 Å². The first-order valence-electron chi connectivity index (χ1n) is 8.44. The molecule has 1 saturated carbocycles. The molecule has 0 aromatic heterocycles. The van der Waals surface area contributed by atoms with Crippen molar-refractivity contribution in [3.63, 3.8) is 0 Å². The summed E-state index contributed by atoms with van der Waals surface area (Å²) in [5.74, 6) is 0.961. The van der Waals surface area contributed by atoms with Gasteiger partial charge in [0.2, 0.25) is 0 Å². The van der Waals surface area contributed by atoms with Gasteiger partial charge in [0.1, 0.15) is 0 Å². The third-order valence-electron chi connectivity index (χ3n) is 5.14. The average Bonchev–Trinajstić information content (AvgIpc) is 2.94. The quantitative estimate of drug-likeness (QED) is 0.375. The summed E-state index contributed by atoms with van der Waals surface area (Å²) in [6.45, 7) is 4.78. The fourth-order valence-corrected chi connectivity index (χ4v) is 3.51. The third kappa shape index (κ3) is 4.47. The molecule has 3 fully saturated rings. The maximum atomic E-state index is 5.91. The second-order valence-corrected chi connectivity index (χ2v) is 6.80. The molecule has 2 saturated heterocycles. The van der Waals surface area contributed by atoms with Gasteiger partial charge in [-0.25, -0.2) is 0 Å². The Labute approximate surface area is 151 Å². The van der Waals surface area contributed by atoms with Crippen LogP contribution >= 0.6 is 24.0 Å². The molecular formula is C16H30IN3O2. The van der Waals surface area contributed by atoms with Crippen LogP contribution in [0, 0.1) is 5.41 Å². The number of methoxy groups -OCH3 is 1. The van der Waals surface area contributed by atoms with Gasteiger partial charge in [0.25, 0.3) is 0 Å². The minimum absolute atomic E-state index is 0. The normalized spacial score (nSPS) is 31.7. The minimum Gasteiger partial charge on any atom is -0.385 e. The summed E-state index contributed by atoms with van der Waals surface area (Å²) in [5.41, 5.74) is 0.406. The summed E-state index contributed by atoms with van der Waals surface area (Å²) in [6.07, 6.45) is 8.13. The zero-order valence-corrected chi connectivity index (χ0v) is 16.1. The molecule has 3 atom stereocenters. The van der Waals surface area contributed by atoms with Crippen LogP contribution in [-0.2, 0) is 9.47 Å². The molecule has 2 aliphatic heterocycles. The van der Waals surface area contributed by atoms with Crippen LogP contribution in [-0.4, -0.2) is 51.0 Å². The second-order valence-electron chi connectivity index (χ2n) is 6.80. The highest BCUT2D eigenvalue weighted by molar-refractivity contribution is 14.0. The molecular weight excluding hydrogens is 393 g/mol. The monoisotopic (exact) mass is 423 g/mol. The largest absolute Gasteiger partial charge is 0.385 e. The van der Waals surface area contributed by atoms with E-state index in [1.807, 2.05) is 0 Å². The van der Waals surface area contributed by atoms with E-state index in [1.165, 1.54) is 25.7 Å². The summed E-state index contributed by atoms with van der Waals surface area (Å²) >= 11 is 0. The van der Waals surface area contributed by atoms with Gasteiger partial charge in [-0.3, -0.25) is 4.99 Å². The lowest BCUT2D eigenvalue weighted by Gasteiger charge is -2.23. The number of aliphatic imine (C=N–C) groups is 1. The van der Waals surface area contributed by atoms with Crippen LogP contribution in [0.15, 0.2) is 4.99 Å². The van der Waals surface area contributed by atoms with Crippen molar-refractivity contribution in [1.82, 2.24) is 10.6 Å². The molecule has 3 rings (SSSR count). The average molecular weight is 423 g/mol. The number of nitrogens with zero attached hydrogens (tertiary/aromatic N) is 1. The number of guanidine groups is 1. The molecule has 0 radical (unpaired) electrons. The van der Waals surface area contributed by atoms with E-state index < -0.39 is 0 Å². The Morgan fingerprint density at radius 3 is 2.73 bits per heavy atom. The van der Waals surface area contributed by atoms with E-state index in [1.54, 1.807) is 7.11 Å². The van der Waals surface area contributed by atoms with Crippen LogP contribution in [0.25, 0.3) is 0 Å². The van der Waals surface area contributed by atoms with E-state index in [0.717, 1.165) is 38.5 Å². The number of nitrogens with one attached hydrogen (secondary N) is 2. The zero-order chi connectivity index (χ0) is 14.7. The van der Waals surface area contributed by atoms with Crippen LogP contribution in [0.1, 0.15) is 45.4 Å². The van der Waals surface area contributed by atoms with Crippen molar-refractivity contribution < 1.29 is 9.47 Å². The summed E-state index contributed by atoms with van der Waals surface area (Å²) < 4.78 is 11.1. The highest BCUT2D eigenvalue weighted by Crippen LogP contribution is 2.49. The fourth-order valence-electron chi connectivity index (χ4n) is 3.51. The van der Waals surface area contributed by atoms with Crippen molar-refractivity contribution in [2.24, 2.45) is 10.4 Å². The Morgan fingerprint density at radius 1 is 1.36 bits per heavy atom. The Balaban J connectivity index is 0.00000176. The molecule has 3 unspecified atom stereocenters. The van der Waals surface area contributed by atoms with Gasteiger partial charge < -0.3 is 20.1 Å². The molecule has 0 aromatic carbocycles. The Morgan fingerprint density at radius 2 is 2.18 bits per heavy atom. The first kappa shape index (κ1) is 18.3. The van der Waals surface area contributed by atoms with Gasteiger partial charge >= 0.3 is 0 Å². The molecule has 3 aliphatic rings. The number of fused-ring (bicyclic) bond motifs is 2. The lowest BCUT2D eigenvalue weighted by atomic mass is 9.96. The van der Waals surface area contributed by atoms with Gasteiger partial charge in [-0.1, -0.05) is 0 Å². The van der Waals surface area contributed by atoms with E-state index in [-0.39, 0.29) is 24.0 Å². The smallest absolute Gasteiger partial charge is 0.191 e. The van der Waals surface area contributed by atoms with Crippen molar-refractivity contribution in [2.45, 2.75) is 63.7 Å². The van der Waals surface area contributed by atoms with Crippen LogP contribution in [0.2, 0.25) is 0 Å². The van der Waals surface area contributed by atoms with Crippen LogP contribution in [0.5, 0.6) is 0 Å². The van der Waals surface area contributed by atoms with Crippen molar-refractivity contribution in [2.75, 3.05) is 26.8 Å². The molecule has 22 heavy (non-hydrogen) atoms. The number of halogens is 1. The lowest BCUT2D eigenvalue weighted by molar-refractivity contribution is 0.0992. The van der Waals surface area contributed by atoms with Gasteiger partial charge in [0.15, 0.2) is 5.96 Å². The maximum Gasteiger partial charge on any atom is 0.191 e.